The Morgan fingerprint density at radius 1 is 1.30 bits per heavy atom. The van der Waals surface area contributed by atoms with Crippen LogP contribution in [0, 0.1) is 0 Å². The molecule has 0 aromatic heterocycles. The first kappa shape index (κ1) is 17.5. The molecule has 20 heavy (non-hydrogen) atoms. The van der Waals surface area contributed by atoms with E-state index in [1.165, 1.54) is 18.9 Å². The lowest BCUT2D eigenvalue weighted by molar-refractivity contribution is 0.522. The molecule has 0 saturated carbocycles. The molecule has 0 spiro atoms. The molecular weight excluding hydrogens is 340 g/mol. The zero-order valence-electron chi connectivity index (χ0n) is 12.0. The summed E-state index contributed by atoms with van der Waals surface area (Å²) in [5.74, 6) is 0. The number of nitrogen functional groups attached to an aromatic ring is 1. The number of rotatable bonds is 8. The second kappa shape index (κ2) is 8.00. The Bertz CT molecular complexity index is 532. The SMILES string of the molecule is CCCCCCC(C)NS(=O)(=O)c1ccc(Br)c(N)c1. The third-order valence-electron chi connectivity index (χ3n) is 3.12. The lowest BCUT2D eigenvalue weighted by Gasteiger charge is -2.14. The number of unbranched alkanes of at least 4 members (excludes halogenated alkanes) is 3. The Hall–Kier alpha value is -0.590. The van der Waals surface area contributed by atoms with Crippen LogP contribution in [0.15, 0.2) is 27.6 Å². The van der Waals surface area contributed by atoms with E-state index < -0.39 is 10.0 Å². The Morgan fingerprint density at radius 3 is 2.60 bits per heavy atom. The average molecular weight is 363 g/mol. The summed E-state index contributed by atoms with van der Waals surface area (Å²) >= 11 is 3.26. The van der Waals surface area contributed by atoms with Crippen LogP contribution in [-0.2, 0) is 10.0 Å². The Kier molecular flexibility index (Phi) is 6.99. The van der Waals surface area contributed by atoms with E-state index in [1.54, 1.807) is 12.1 Å². The van der Waals surface area contributed by atoms with Crippen molar-refractivity contribution in [3.63, 3.8) is 0 Å². The van der Waals surface area contributed by atoms with E-state index in [0.717, 1.165) is 19.3 Å². The van der Waals surface area contributed by atoms with Crippen LogP contribution in [0.25, 0.3) is 0 Å². The van der Waals surface area contributed by atoms with Gasteiger partial charge in [-0.25, -0.2) is 13.1 Å². The number of hydrogen-bond donors (Lipinski definition) is 2. The van der Waals surface area contributed by atoms with Crippen molar-refractivity contribution in [1.82, 2.24) is 4.72 Å². The fourth-order valence-corrected chi connectivity index (χ4v) is 3.52. The molecule has 1 rings (SSSR count). The largest absolute Gasteiger partial charge is 0.398 e. The van der Waals surface area contributed by atoms with Crippen molar-refractivity contribution < 1.29 is 8.42 Å². The van der Waals surface area contributed by atoms with Crippen molar-refractivity contribution in [2.45, 2.75) is 56.9 Å². The van der Waals surface area contributed by atoms with Crippen LogP contribution in [-0.4, -0.2) is 14.5 Å². The number of benzene rings is 1. The third kappa shape index (κ3) is 5.42. The summed E-state index contributed by atoms with van der Waals surface area (Å²) in [6.45, 7) is 4.05. The van der Waals surface area contributed by atoms with E-state index in [9.17, 15) is 8.42 Å². The Labute approximate surface area is 130 Å². The van der Waals surface area contributed by atoms with Crippen LogP contribution in [0.1, 0.15) is 46.0 Å². The molecule has 3 N–H and O–H groups in total. The van der Waals surface area contributed by atoms with Crippen LogP contribution >= 0.6 is 15.9 Å². The predicted molar refractivity (Wildman–Crippen MR) is 87.1 cm³/mol. The zero-order chi connectivity index (χ0) is 15.2. The van der Waals surface area contributed by atoms with Gasteiger partial charge in [0.25, 0.3) is 0 Å². The molecule has 0 heterocycles. The van der Waals surface area contributed by atoms with Gasteiger partial charge in [0.15, 0.2) is 0 Å². The molecule has 0 bridgehead atoms. The second-order valence-electron chi connectivity index (χ2n) is 5.05. The average Bonchev–Trinajstić information content (AvgIpc) is 2.37. The summed E-state index contributed by atoms with van der Waals surface area (Å²) in [5, 5.41) is 0. The van der Waals surface area contributed by atoms with Gasteiger partial charge in [-0.05, 0) is 47.5 Å². The third-order valence-corrected chi connectivity index (χ3v) is 5.43. The molecule has 1 atom stereocenters. The van der Waals surface area contributed by atoms with Crippen LogP contribution in [0.5, 0.6) is 0 Å². The summed E-state index contributed by atoms with van der Waals surface area (Å²) in [6.07, 6.45) is 5.42. The summed E-state index contributed by atoms with van der Waals surface area (Å²) in [4.78, 5) is 0.207. The van der Waals surface area contributed by atoms with Crippen molar-refractivity contribution >= 4 is 31.6 Å². The molecule has 1 unspecified atom stereocenters. The second-order valence-corrected chi connectivity index (χ2v) is 7.62. The van der Waals surface area contributed by atoms with Crippen molar-refractivity contribution in [1.29, 1.82) is 0 Å². The molecule has 6 heteroatoms. The van der Waals surface area contributed by atoms with Crippen molar-refractivity contribution in [2.75, 3.05) is 5.73 Å². The molecule has 1 aromatic rings. The van der Waals surface area contributed by atoms with E-state index in [2.05, 4.69) is 27.6 Å². The summed E-state index contributed by atoms with van der Waals surface area (Å²) < 4.78 is 27.8. The molecule has 1 aromatic carbocycles. The first-order valence-electron chi connectivity index (χ1n) is 6.94. The van der Waals surface area contributed by atoms with Gasteiger partial charge in [-0.15, -0.1) is 0 Å². The highest BCUT2D eigenvalue weighted by Gasteiger charge is 2.17. The standard InChI is InChI=1S/C14H23BrN2O2S/c1-3-4-5-6-7-11(2)17-20(18,19)12-8-9-13(15)14(16)10-12/h8-11,17H,3-7,16H2,1-2H3. The number of anilines is 1. The first-order chi connectivity index (χ1) is 9.36. The van der Waals surface area contributed by atoms with Crippen LogP contribution in [0.4, 0.5) is 5.69 Å². The van der Waals surface area contributed by atoms with Crippen LogP contribution in [0.3, 0.4) is 0 Å². The summed E-state index contributed by atoms with van der Waals surface area (Å²) in [5.41, 5.74) is 6.14. The van der Waals surface area contributed by atoms with Gasteiger partial charge < -0.3 is 5.73 Å². The van der Waals surface area contributed by atoms with E-state index in [-0.39, 0.29) is 10.9 Å². The van der Waals surface area contributed by atoms with E-state index in [0.29, 0.717) is 10.2 Å². The predicted octanol–water partition coefficient (Wildman–Crippen LogP) is 3.67. The number of nitrogens with one attached hydrogen (secondary N) is 1. The monoisotopic (exact) mass is 362 g/mol. The minimum atomic E-state index is -3.49. The normalized spacial score (nSPS) is 13.3. The van der Waals surface area contributed by atoms with Crippen molar-refractivity contribution in [3.05, 3.63) is 22.7 Å². The highest BCUT2D eigenvalue weighted by molar-refractivity contribution is 9.10. The number of nitrogens with two attached hydrogens (primary N) is 1. The van der Waals surface area contributed by atoms with E-state index in [4.69, 9.17) is 5.73 Å². The molecule has 0 aliphatic rings. The minimum absolute atomic E-state index is 0.0678. The van der Waals surface area contributed by atoms with Crippen LogP contribution < -0.4 is 10.5 Å². The minimum Gasteiger partial charge on any atom is -0.398 e. The highest BCUT2D eigenvalue weighted by Crippen LogP contribution is 2.23. The van der Waals surface area contributed by atoms with Gasteiger partial charge in [0.2, 0.25) is 10.0 Å². The Morgan fingerprint density at radius 2 is 2.00 bits per heavy atom. The fourth-order valence-electron chi connectivity index (χ4n) is 1.96. The van der Waals surface area contributed by atoms with Gasteiger partial charge in [-0.3, -0.25) is 0 Å². The van der Waals surface area contributed by atoms with E-state index >= 15 is 0 Å². The molecule has 4 nitrogen and oxygen atoms in total. The number of halogens is 1. The lowest BCUT2D eigenvalue weighted by Crippen LogP contribution is -2.32. The molecule has 0 fully saturated rings. The zero-order valence-corrected chi connectivity index (χ0v) is 14.4. The van der Waals surface area contributed by atoms with E-state index in [1.807, 2.05) is 6.92 Å². The molecule has 0 radical (unpaired) electrons. The molecular formula is C14H23BrN2O2S. The number of hydrogen-bond acceptors (Lipinski definition) is 3. The lowest BCUT2D eigenvalue weighted by atomic mass is 10.1. The molecule has 114 valence electrons. The van der Waals surface area contributed by atoms with Gasteiger partial charge in [0.1, 0.15) is 0 Å². The van der Waals surface area contributed by atoms with Gasteiger partial charge in [0.05, 0.1) is 4.90 Å². The molecule has 0 aliphatic heterocycles. The van der Waals surface area contributed by atoms with Gasteiger partial charge >= 0.3 is 0 Å². The Balaban J connectivity index is 2.62. The summed E-state index contributed by atoms with van der Waals surface area (Å²) in [6, 6.07) is 4.60. The maximum absolute atomic E-state index is 12.2. The van der Waals surface area contributed by atoms with Crippen molar-refractivity contribution in [2.24, 2.45) is 0 Å². The summed E-state index contributed by atoms with van der Waals surface area (Å²) in [7, 11) is -3.49. The topological polar surface area (TPSA) is 72.2 Å². The first-order valence-corrected chi connectivity index (χ1v) is 9.21. The van der Waals surface area contributed by atoms with Crippen molar-refractivity contribution in [3.8, 4) is 0 Å². The van der Waals surface area contributed by atoms with Gasteiger partial charge in [-0.1, -0.05) is 32.6 Å². The smallest absolute Gasteiger partial charge is 0.240 e. The quantitative estimate of drug-likeness (QED) is 0.547. The van der Waals surface area contributed by atoms with Gasteiger partial charge in [-0.2, -0.15) is 0 Å². The van der Waals surface area contributed by atoms with Crippen LogP contribution in [0.2, 0.25) is 0 Å². The maximum atomic E-state index is 12.2. The number of sulfonamides is 1. The molecule has 0 saturated heterocycles. The van der Waals surface area contributed by atoms with Gasteiger partial charge in [0, 0.05) is 16.2 Å². The maximum Gasteiger partial charge on any atom is 0.240 e. The fraction of sp³-hybridized carbons (Fsp3) is 0.571. The molecule has 0 amide bonds. The highest BCUT2D eigenvalue weighted by atomic mass is 79.9. The molecule has 0 aliphatic carbocycles.